The molecule has 0 heterocycles. The van der Waals surface area contributed by atoms with Crippen molar-refractivity contribution >= 4 is 0 Å². The van der Waals surface area contributed by atoms with Gasteiger partial charge < -0.3 is 4.74 Å². The van der Waals surface area contributed by atoms with E-state index in [0.29, 0.717) is 0 Å². The van der Waals surface area contributed by atoms with Gasteiger partial charge in [0.2, 0.25) is 0 Å². The molecule has 0 spiro atoms. The molecule has 6 heteroatoms. The fourth-order valence-electron chi connectivity index (χ4n) is 1.78. The molecule has 0 saturated heterocycles. The predicted molar refractivity (Wildman–Crippen MR) is 85.0 cm³/mol. The second-order valence-corrected chi connectivity index (χ2v) is 4.50. The summed E-state index contributed by atoms with van der Waals surface area (Å²) < 4.78 is 69.0. The van der Waals surface area contributed by atoms with Crippen LogP contribution in [0.1, 0.15) is 38.0 Å². The second kappa shape index (κ2) is 9.25. The molecule has 134 valence electrons. The maximum Gasteiger partial charge on any atom is 0.416 e. The Bertz CT molecular complexity index is 650. The lowest BCUT2D eigenvalue weighted by Crippen LogP contribution is -2.06. The zero-order valence-electron chi connectivity index (χ0n) is 13.0. The van der Waals surface area contributed by atoms with Crippen LogP contribution < -0.4 is 4.74 Å². The van der Waals surface area contributed by atoms with Crippen molar-refractivity contribution in [3.05, 3.63) is 64.7 Å². The molecule has 0 fully saturated rings. The van der Waals surface area contributed by atoms with Crippen LogP contribution in [0.25, 0.3) is 0 Å². The third-order valence-corrected chi connectivity index (χ3v) is 2.90. The molecular formula is C18H21F5O. The minimum absolute atomic E-state index is 0. The molecule has 2 aromatic rings. The van der Waals surface area contributed by atoms with Crippen LogP contribution in [-0.4, -0.2) is 0 Å². The third kappa shape index (κ3) is 5.83. The van der Waals surface area contributed by atoms with Gasteiger partial charge >= 0.3 is 6.18 Å². The molecule has 0 aliphatic rings. The number of aryl methyl sites for hydroxylation is 1. The SMILES string of the molecule is C.CC.Cc1cc(C(F)(F)F)ccc1OCc1ccc(F)cc1F. The lowest BCUT2D eigenvalue weighted by molar-refractivity contribution is -0.137. The van der Waals surface area contributed by atoms with Gasteiger partial charge in [0.25, 0.3) is 0 Å². The van der Waals surface area contributed by atoms with Gasteiger partial charge in [0.15, 0.2) is 0 Å². The number of halogens is 5. The van der Waals surface area contributed by atoms with Crippen molar-refractivity contribution in [3.8, 4) is 5.75 Å². The summed E-state index contributed by atoms with van der Waals surface area (Å²) in [7, 11) is 0. The summed E-state index contributed by atoms with van der Waals surface area (Å²) in [6, 6.07) is 6.06. The lowest BCUT2D eigenvalue weighted by Gasteiger charge is -2.12. The summed E-state index contributed by atoms with van der Waals surface area (Å²) >= 11 is 0. The maximum absolute atomic E-state index is 13.4. The van der Waals surface area contributed by atoms with E-state index in [-0.39, 0.29) is 30.9 Å². The fraction of sp³-hybridized carbons (Fsp3) is 0.333. The highest BCUT2D eigenvalue weighted by molar-refractivity contribution is 5.37. The number of benzene rings is 2. The minimum Gasteiger partial charge on any atom is -0.489 e. The molecule has 0 aromatic heterocycles. The molecule has 0 aliphatic carbocycles. The summed E-state index contributed by atoms with van der Waals surface area (Å²) in [5.74, 6) is -1.26. The van der Waals surface area contributed by atoms with Crippen molar-refractivity contribution in [2.24, 2.45) is 0 Å². The number of hydrogen-bond donors (Lipinski definition) is 0. The van der Waals surface area contributed by atoms with Gasteiger partial charge in [0, 0.05) is 11.6 Å². The molecule has 0 atom stereocenters. The smallest absolute Gasteiger partial charge is 0.416 e. The largest absolute Gasteiger partial charge is 0.489 e. The van der Waals surface area contributed by atoms with Crippen LogP contribution in [0.2, 0.25) is 0 Å². The summed E-state index contributed by atoms with van der Waals surface area (Å²) in [6.07, 6.45) is -4.42. The molecule has 2 aromatic carbocycles. The van der Waals surface area contributed by atoms with Crippen molar-refractivity contribution in [2.45, 2.75) is 41.0 Å². The van der Waals surface area contributed by atoms with E-state index in [1.165, 1.54) is 19.1 Å². The first-order chi connectivity index (χ1) is 10.8. The molecule has 0 aliphatic heterocycles. The third-order valence-electron chi connectivity index (χ3n) is 2.90. The van der Waals surface area contributed by atoms with Crippen LogP contribution in [0.3, 0.4) is 0 Å². The van der Waals surface area contributed by atoms with Crippen molar-refractivity contribution in [1.82, 2.24) is 0 Å². The van der Waals surface area contributed by atoms with Crippen molar-refractivity contribution in [2.75, 3.05) is 0 Å². The van der Waals surface area contributed by atoms with Gasteiger partial charge in [-0.05, 0) is 42.8 Å². The Morgan fingerprint density at radius 3 is 2.08 bits per heavy atom. The standard InChI is InChI=1S/C15H11F5O.C2H6.CH4/c1-9-6-11(15(18,19)20)3-5-14(9)21-8-10-2-4-12(16)7-13(10)17;1-2;/h2-7H,8H2,1H3;1-2H3;1H4. The summed E-state index contributed by atoms with van der Waals surface area (Å²) in [5.41, 5.74) is -0.372. The molecule has 0 N–H and O–H groups in total. The molecule has 0 unspecified atom stereocenters. The number of rotatable bonds is 3. The molecule has 0 amide bonds. The van der Waals surface area contributed by atoms with Crippen LogP contribution >= 0.6 is 0 Å². The number of hydrogen-bond acceptors (Lipinski definition) is 1. The Balaban J connectivity index is 0.00000170. The van der Waals surface area contributed by atoms with E-state index in [2.05, 4.69) is 0 Å². The van der Waals surface area contributed by atoms with Crippen molar-refractivity contribution in [1.29, 1.82) is 0 Å². The van der Waals surface area contributed by atoms with E-state index in [4.69, 9.17) is 4.74 Å². The molecule has 24 heavy (non-hydrogen) atoms. The maximum atomic E-state index is 13.4. The van der Waals surface area contributed by atoms with E-state index in [9.17, 15) is 22.0 Å². The highest BCUT2D eigenvalue weighted by Crippen LogP contribution is 2.32. The van der Waals surface area contributed by atoms with E-state index < -0.39 is 23.4 Å². The van der Waals surface area contributed by atoms with E-state index >= 15 is 0 Å². The van der Waals surface area contributed by atoms with Gasteiger partial charge in [-0.15, -0.1) is 0 Å². The van der Waals surface area contributed by atoms with Crippen LogP contribution in [0.15, 0.2) is 36.4 Å². The summed E-state index contributed by atoms with van der Waals surface area (Å²) in [4.78, 5) is 0. The molecular weight excluding hydrogens is 327 g/mol. The average Bonchev–Trinajstić information content (AvgIpc) is 2.48. The summed E-state index contributed by atoms with van der Waals surface area (Å²) in [6.45, 7) is 5.27. The van der Waals surface area contributed by atoms with E-state index in [0.717, 1.165) is 24.3 Å². The Hall–Kier alpha value is -2.11. The topological polar surface area (TPSA) is 9.23 Å². The number of alkyl halides is 3. The van der Waals surface area contributed by atoms with Gasteiger partial charge in [-0.1, -0.05) is 21.3 Å². The minimum atomic E-state index is -4.42. The zero-order valence-corrected chi connectivity index (χ0v) is 13.0. The summed E-state index contributed by atoms with van der Waals surface area (Å²) in [5, 5.41) is 0. The Kier molecular flexibility index (Phi) is 8.44. The first kappa shape index (κ1) is 21.9. The zero-order chi connectivity index (χ0) is 17.6. The van der Waals surface area contributed by atoms with Gasteiger partial charge in [-0.3, -0.25) is 0 Å². The van der Waals surface area contributed by atoms with Gasteiger partial charge in [-0.2, -0.15) is 13.2 Å². The second-order valence-electron chi connectivity index (χ2n) is 4.50. The first-order valence-electron chi connectivity index (χ1n) is 7.02. The molecule has 2 rings (SSSR count). The normalized spacial score (nSPS) is 10.3. The average molecular weight is 348 g/mol. The monoisotopic (exact) mass is 348 g/mol. The Labute approximate surface area is 139 Å². The van der Waals surface area contributed by atoms with Crippen LogP contribution in [-0.2, 0) is 12.8 Å². The predicted octanol–water partition coefficient (Wildman–Crippen LogP) is 6.53. The van der Waals surface area contributed by atoms with E-state index in [1.807, 2.05) is 13.8 Å². The van der Waals surface area contributed by atoms with Gasteiger partial charge in [-0.25, -0.2) is 8.78 Å². The Morgan fingerprint density at radius 1 is 0.958 bits per heavy atom. The fourth-order valence-corrected chi connectivity index (χ4v) is 1.78. The van der Waals surface area contributed by atoms with Crippen LogP contribution in [0, 0.1) is 18.6 Å². The molecule has 0 saturated carbocycles. The highest BCUT2D eigenvalue weighted by Gasteiger charge is 2.30. The first-order valence-corrected chi connectivity index (χ1v) is 7.02. The molecule has 0 radical (unpaired) electrons. The quantitative estimate of drug-likeness (QED) is 0.573. The van der Waals surface area contributed by atoms with Crippen LogP contribution in [0.5, 0.6) is 5.75 Å². The Morgan fingerprint density at radius 2 is 1.58 bits per heavy atom. The van der Waals surface area contributed by atoms with E-state index in [1.54, 1.807) is 0 Å². The van der Waals surface area contributed by atoms with Gasteiger partial charge in [0.1, 0.15) is 24.0 Å². The highest BCUT2D eigenvalue weighted by atomic mass is 19.4. The lowest BCUT2D eigenvalue weighted by atomic mass is 10.1. The number of ether oxygens (including phenoxy) is 1. The van der Waals surface area contributed by atoms with Crippen molar-refractivity contribution in [3.63, 3.8) is 0 Å². The van der Waals surface area contributed by atoms with Crippen LogP contribution in [0.4, 0.5) is 22.0 Å². The van der Waals surface area contributed by atoms with Gasteiger partial charge in [0.05, 0.1) is 5.56 Å². The van der Waals surface area contributed by atoms with Crippen molar-refractivity contribution < 1.29 is 26.7 Å². The molecule has 0 bridgehead atoms. The molecule has 1 nitrogen and oxygen atoms in total.